The summed E-state index contributed by atoms with van der Waals surface area (Å²) >= 11 is 0. The van der Waals surface area contributed by atoms with Crippen LogP contribution < -0.4 is 16.2 Å². The van der Waals surface area contributed by atoms with Crippen LogP contribution in [0.5, 0.6) is 0 Å². The Balaban J connectivity index is 2.04. The van der Waals surface area contributed by atoms with Gasteiger partial charge in [-0.15, -0.1) is 0 Å². The van der Waals surface area contributed by atoms with Crippen molar-refractivity contribution < 1.29 is 9.59 Å². The maximum Gasteiger partial charge on any atom is 0.291 e. The zero-order chi connectivity index (χ0) is 24.3. The van der Waals surface area contributed by atoms with Gasteiger partial charge in [0.05, 0.1) is 5.69 Å². The van der Waals surface area contributed by atoms with Gasteiger partial charge in [0.15, 0.2) is 0 Å². The Labute approximate surface area is 193 Å². The summed E-state index contributed by atoms with van der Waals surface area (Å²) in [5.41, 5.74) is 4.51. The lowest BCUT2D eigenvalue weighted by atomic mass is 10.1. The Bertz CT molecular complexity index is 1240. The van der Waals surface area contributed by atoms with E-state index in [2.05, 4.69) is 15.7 Å². The summed E-state index contributed by atoms with van der Waals surface area (Å²) in [7, 11) is 0. The Kier molecular flexibility index (Phi) is 7.11. The predicted octanol–water partition coefficient (Wildman–Crippen LogP) is 4.63. The molecule has 2 N–H and O–H groups in total. The van der Waals surface area contributed by atoms with Gasteiger partial charge in [-0.3, -0.25) is 14.4 Å². The summed E-state index contributed by atoms with van der Waals surface area (Å²) in [6.45, 7) is 10.9. The summed E-state index contributed by atoms with van der Waals surface area (Å²) in [4.78, 5) is 38.6. The average Bonchev–Trinajstić information content (AvgIpc) is 2.77. The van der Waals surface area contributed by atoms with Crippen molar-refractivity contribution in [1.82, 2.24) is 9.78 Å². The molecule has 1 atom stereocenters. The summed E-state index contributed by atoms with van der Waals surface area (Å²) < 4.78 is 1.13. The lowest BCUT2D eigenvalue weighted by Gasteiger charge is -2.18. The molecule has 0 bridgehead atoms. The molecule has 0 saturated carbocycles. The van der Waals surface area contributed by atoms with Crippen molar-refractivity contribution in [3.63, 3.8) is 0 Å². The lowest BCUT2D eigenvalue weighted by Crippen LogP contribution is -2.36. The van der Waals surface area contributed by atoms with Gasteiger partial charge in [0.2, 0.25) is 11.8 Å². The highest BCUT2D eigenvalue weighted by Gasteiger charge is 2.22. The number of benzene rings is 2. The number of aromatic nitrogens is 2. The van der Waals surface area contributed by atoms with Crippen molar-refractivity contribution in [3.8, 4) is 11.3 Å². The average molecular weight is 447 g/mol. The SMILES string of the molecule is Cc1ccc(-c2cc(NC(=O)C(C)C)c(=O)n(C(C)C(=O)Nc3cc(C)ccc3C)n2)cc1. The quantitative estimate of drug-likeness (QED) is 0.577. The summed E-state index contributed by atoms with van der Waals surface area (Å²) in [6, 6.07) is 14.1. The van der Waals surface area contributed by atoms with Gasteiger partial charge < -0.3 is 10.6 Å². The molecule has 3 rings (SSSR count). The van der Waals surface area contributed by atoms with Crippen molar-refractivity contribution in [2.75, 3.05) is 10.6 Å². The summed E-state index contributed by atoms with van der Waals surface area (Å²) in [6.07, 6.45) is 0. The molecule has 1 unspecified atom stereocenters. The summed E-state index contributed by atoms with van der Waals surface area (Å²) in [5, 5.41) is 10.1. The highest BCUT2D eigenvalue weighted by Crippen LogP contribution is 2.22. The van der Waals surface area contributed by atoms with Crippen LogP contribution >= 0.6 is 0 Å². The van der Waals surface area contributed by atoms with Gasteiger partial charge in [-0.25, -0.2) is 4.68 Å². The number of aryl methyl sites for hydroxylation is 3. The fourth-order valence-corrected chi connectivity index (χ4v) is 3.23. The molecule has 1 heterocycles. The van der Waals surface area contributed by atoms with E-state index in [-0.39, 0.29) is 23.4 Å². The van der Waals surface area contributed by atoms with E-state index in [4.69, 9.17) is 0 Å². The number of anilines is 2. The second-order valence-corrected chi connectivity index (χ2v) is 8.69. The van der Waals surface area contributed by atoms with E-state index in [1.807, 2.05) is 63.2 Å². The van der Waals surface area contributed by atoms with Crippen molar-refractivity contribution in [2.45, 2.75) is 47.6 Å². The molecule has 2 amide bonds. The molecule has 0 spiro atoms. The maximum absolute atomic E-state index is 13.2. The van der Waals surface area contributed by atoms with Crippen molar-refractivity contribution in [1.29, 1.82) is 0 Å². The minimum absolute atomic E-state index is 0.0886. The number of carbonyl (C=O) groups is 2. The van der Waals surface area contributed by atoms with Crippen LogP contribution in [0.2, 0.25) is 0 Å². The molecule has 7 nitrogen and oxygen atoms in total. The van der Waals surface area contributed by atoms with Gasteiger partial charge in [0, 0.05) is 17.2 Å². The number of nitrogens with one attached hydrogen (secondary N) is 2. The Morgan fingerprint density at radius 2 is 1.42 bits per heavy atom. The van der Waals surface area contributed by atoms with Crippen LogP contribution in [0.25, 0.3) is 11.3 Å². The molecule has 0 aliphatic heterocycles. The highest BCUT2D eigenvalue weighted by atomic mass is 16.2. The van der Waals surface area contributed by atoms with Gasteiger partial charge in [-0.2, -0.15) is 5.10 Å². The van der Waals surface area contributed by atoms with Crippen LogP contribution in [0, 0.1) is 26.7 Å². The number of nitrogens with zero attached hydrogens (tertiary/aromatic N) is 2. The highest BCUT2D eigenvalue weighted by molar-refractivity contribution is 5.95. The van der Waals surface area contributed by atoms with E-state index in [0.717, 1.165) is 26.9 Å². The minimum atomic E-state index is -0.905. The minimum Gasteiger partial charge on any atom is -0.324 e. The van der Waals surface area contributed by atoms with Crippen LogP contribution in [0.15, 0.2) is 53.3 Å². The molecule has 2 aromatic carbocycles. The van der Waals surface area contributed by atoms with E-state index in [1.165, 1.54) is 0 Å². The van der Waals surface area contributed by atoms with Crippen molar-refractivity contribution in [2.24, 2.45) is 5.92 Å². The standard InChI is InChI=1S/C26H30N4O3/c1-15(2)24(31)28-23-14-22(20-11-8-16(3)9-12-20)29-30(26(23)33)19(6)25(32)27-21-13-17(4)7-10-18(21)5/h7-15,19H,1-6H3,(H,27,32)(H,28,31). The van der Waals surface area contributed by atoms with Crippen LogP contribution in [0.1, 0.15) is 43.5 Å². The number of rotatable bonds is 6. The molecule has 33 heavy (non-hydrogen) atoms. The topological polar surface area (TPSA) is 93.1 Å². The van der Waals surface area contributed by atoms with E-state index < -0.39 is 11.6 Å². The van der Waals surface area contributed by atoms with Gasteiger partial charge in [-0.1, -0.05) is 55.8 Å². The second kappa shape index (κ2) is 9.81. The molecule has 0 aliphatic carbocycles. The van der Waals surface area contributed by atoms with E-state index >= 15 is 0 Å². The smallest absolute Gasteiger partial charge is 0.291 e. The molecule has 0 saturated heterocycles. The Morgan fingerprint density at radius 3 is 2.06 bits per heavy atom. The normalized spacial score (nSPS) is 11.8. The Morgan fingerprint density at radius 1 is 0.818 bits per heavy atom. The predicted molar refractivity (Wildman–Crippen MR) is 131 cm³/mol. The molecule has 1 aromatic heterocycles. The third-order valence-corrected chi connectivity index (χ3v) is 5.46. The number of carbonyl (C=O) groups excluding carboxylic acids is 2. The van der Waals surface area contributed by atoms with Gasteiger partial charge >= 0.3 is 0 Å². The summed E-state index contributed by atoms with van der Waals surface area (Å²) in [5.74, 6) is -0.966. The lowest BCUT2D eigenvalue weighted by molar-refractivity contribution is -0.119. The largest absolute Gasteiger partial charge is 0.324 e. The van der Waals surface area contributed by atoms with E-state index in [1.54, 1.807) is 26.8 Å². The first-order valence-electron chi connectivity index (χ1n) is 11.0. The third-order valence-electron chi connectivity index (χ3n) is 5.46. The van der Waals surface area contributed by atoms with Crippen LogP contribution in [0.3, 0.4) is 0 Å². The fraction of sp³-hybridized carbons (Fsp3) is 0.308. The molecular weight excluding hydrogens is 416 g/mol. The molecular formula is C26H30N4O3. The first-order chi connectivity index (χ1) is 15.6. The number of amides is 2. The van der Waals surface area contributed by atoms with Crippen LogP contribution in [-0.2, 0) is 9.59 Å². The third kappa shape index (κ3) is 5.55. The number of hydrogen-bond donors (Lipinski definition) is 2. The van der Waals surface area contributed by atoms with Crippen molar-refractivity contribution in [3.05, 3.63) is 75.6 Å². The zero-order valence-corrected chi connectivity index (χ0v) is 19.9. The molecule has 0 fully saturated rings. The molecule has 7 heteroatoms. The molecule has 3 aromatic rings. The maximum atomic E-state index is 13.2. The first kappa shape index (κ1) is 23.9. The fourth-order valence-electron chi connectivity index (χ4n) is 3.23. The van der Waals surface area contributed by atoms with E-state index in [0.29, 0.717) is 11.4 Å². The molecule has 0 aliphatic rings. The number of hydrogen-bond acceptors (Lipinski definition) is 4. The van der Waals surface area contributed by atoms with Crippen molar-refractivity contribution >= 4 is 23.2 Å². The van der Waals surface area contributed by atoms with Crippen LogP contribution in [0.4, 0.5) is 11.4 Å². The van der Waals surface area contributed by atoms with Gasteiger partial charge in [0.25, 0.3) is 5.56 Å². The monoisotopic (exact) mass is 446 g/mol. The van der Waals surface area contributed by atoms with Gasteiger partial charge in [-0.05, 0) is 51.0 Å². The molecule has 0 radical (unpaired) electrons. The van der Waals surface area contributed by atoms with Gasteiger partial charge in [0.1, 0.15) is 11.7 Å². The molecule has 172 valence electrons. The zero-order valence-electron chi connectivity index (χ0n) is 19.9. The first-order valence-corrected chi connectivity index (χ1v) is 11.0. The van der Waals surface area contributed by atoms with Crippen LogP contribution in [-0.4, -0.2) is 21.6 Å². The Hall–Kier alpha value is -3.74. The second-order valence-electron chi connectivity index (χ2n) is 8.69. The van der Waals surface area contributed by atoms with E-state index in [9.17, 15) is 14.4 Å².